The average molecular weight is 490 g/mol. The van der Waals surface area contributed by atoms with E-state index in [9.17, 15) is 19.2 Å². The zero-order valence-corrected chi connectivity index (χ0v) is 18.6. The van der Waals surface area contributed by atoms with Crippen LogP contribution in [-0.4, -0.2) is 36.8 Å². The van der Waals surface area contributed by atoms with E-state index in [1.54, 1.807) is 48.5 Å². The summed E-state index contributed by atoms with van der Waals surface area (Å²) in [5.41, 5.74) is 1.65. The normalized spacial score (nSPS) is 16.5. The van der Waals surface area contributed by atoms with Gasteiger partial charge in [0.2, 0.25) is 11.8 Å². The van der Waals surface area contributed by atoms with Crippen molar-refractivity contribution in [3.8, 4) is 0 Å². The van der Waals surface area contributed by atoms with E-state index in [1.165, 1.54) is 7.11 Å². The number of hydrogen-bond acceptors (Lipinski definition) is 6. The maximum Gasteiger partial charge on any atom is 0.333 e. The topological polar surface area (TPSA) is 114 Å². The predicted molar refractivity (Wildman–Crippen MR) is 118 cm³/mol. The highest BCUT2D eigenvalue weighted by atomic mass is 79.9. The fourth-order valence-corrected chi connectivity index (χ4v) is 3.27. The molecule has 164 valence electrons. The summed E-state index contributed by atoms with van der Waals surface area (Å²) in [6.07, 6.45) is 0.668. The first-order valence-electron chi connectivity index (χ1n) is 9.58. The van der Waals surface area contributed by atoms with E-state index < -0.39 is 24.0 Å². The van der Waals surface area contributed by atoms with Gasteiger partial charge in [-0.15, -0.1) is 17.0 Å². The monoisotopic (exact) mass is 489 g/mol. The van der Waals surface area contributed by atoms with Crippen LogP contribution in [0.3, 0.4) is 0 Å². The number of nitrogens with one attached hydrogen (secondary N) is 3. The molecule has 0 spiro atoms. The van der Waals surface area contributed by atoms with Crippen molar-refractivity contribution < 1.29 is 23.9 Å². The highest BCUT2D eigenvalue weighted by Crippen LogP contribution is 2.17. The maximum atomic E-state index is 13.0. The summed E-state index contributed by atoms with van der Waals surface area (Å²) < 4.78 is 4.84. The first-order chi connectivity index (χ1) is 14.5. The molecule has 0 aromatic heterocycles. The molecule has 2 aromatic carbocycles. The smallest absolute Gasteiger partial charge is 0.333 e. The third-order valence-electron chi connectivity index (χ3n) is 4.89. The van der Waals surface area contributed by atoms with Gasteiger partial charge in [0.15, 0.2) is 6.04 Å². The minimum Gasteiger partial charge on any atom is -0.467 e. The number of benzene rings is 2. The van der Waals surface area contributed by atoms with Gasteiger partial charge in [-0.25, -0.2) is 4.79 Å². The van der Waals surface area contributed by atoms with Gasteiger partial charge in [0, 0.05) is 18.5 Å². The number of piperidine rings is 1. The van der Waals surface area contributed by atoms with Crippen LogP contribution in [0.1, 0.15) is 40.4 Å². The third-order valence-corrected chi connectivity index (χ3v) is 4.89. The number of halogens is 1. The Morgan fingerprint density at radius 2 is 1.77 bits per heavy atom. The quantitative estimate of drug-likeness (QED) is 0.403. The van der Waals surface area contributed by atoms with E-state index in [4.69, 9.17) is 4.74 Å². The largest absolute Gasteiger partial charge is 0.467 e. The van der Waals surface area contributed by atoms with Crippen molar-refractivity contribution in [2.24, 2.45) is 0 Å². The number of ether oxygens (including phenoxy) is 1. The minimum absolute atomic E-state index is 0. The van der Waals surface area contributed by atoms with Crippen LogP contribution >= 0.6 is 17.0 Å². The van der Waals surface area contributed by atoms with Gasteiger partial charge in [-0.1, -0.05) is 48.5 Å². The second-order valence-corrected chi connectivity index (χ2v) is 6.88. The van der Waals surface area contributed by atoms with E-state index >= 15 is 0 Å². The van der Waals surface area contributed by atoms with Crippen molar-refractivity contribution in [2.45, 2.75) is 31.5 Å². The fourth-order valence-electron chi connectivity index (χ4n) is 3.27. The number of amides is 3. The first kappa shape index (κ1) is 24.2. The number of hydrogen-bond donors (Lipinski definition) is 3. The van der Waals surface area contributed by atoms with Crippen molar-refractivity contribution in [2.75, 3.05) is 7.11 Å². The molecular formula is C22H24BrN3O5. The van der Waals surface area contributed by atoms with Crippen molar-refractivity contribution in [1.82, 2.24) is 16.0 Å². The Morgan fingerprint density at radius 3 is 2.45 bits per heavy atom. The Morgan fingerprint density at radius 1 is 1.10 bits per heavy atom. The van der Waals surface area contributed by atoms with Crippen LogP contribution < -0.4 is 16.0 Å². The zero-order chi connectivity index (χ0) is 21.5. The van der Waals surface area contributed by atoms with Gasteiger partial charge in [0.1, 0.15) is 0 Å². The molecule has 3 rings (SSSR count). The summed E-state index contributed by atoms with van der Waals surface area (Å²) in [7, 11) is 1.27. The molecule has 0 saturated carbocycles. The van der Waals surface area contributed by atoms with Crippen LogP contribution in [0, 0.1) is 0 Å². The van der Waals surface area contributed by atoms with Crippen molar-refractivity contribution in [1.29, 1.82) is 0 Å². The molecule has 2 aromatic rings. The van der Waals surface area contributed by atoms with E-state index in [0.29, 0.717) is 23.1 Å². The van der Waals surface area contributed by atoms with Crippen LogP contribution in [0.2, 0.25) is 0 Å². The van der Waals surface area contributed by atoms with E-state index in [2.05, 4.69) is 16.0 Å². The number of carbonyl (C=O) groups excluding carboxylic acids is 4. The zero-order valence-electron chi connectivity index (χ0n) is 16.9. The Bertz CT molecular complexity index is 951. The van der Waals surface area contributed by atoms with Crippen LogP contribution in [0.25, 0.3) is 0 Å². The molecular weight excluding hydrogens is 466 g/mol. The van der Waals surface area contributed by atoms with Gasteiger partial charge in [0.05, 0.1) is 13.2 Å². The highest BCUT2D eigenvalue weighted by Gasteiger charge is 2.27. The molecule has 0 radical (unpaired) electrons. The van der Waals surface area contributed by atoms with Crippen LogP contribution in [0.4, 0.5) is 0 Å². The number of methoxy groups -OCH3 is 1. The number of carbonyl (C=O) groups is 4. The standard InChI is InChI=1S/C22H23N3O5.BrH/c1-30-22(29)19(14-7-3-2-4-8-14)25-20(27)16-10-6-5-9-15(16)13-23-17-11-12-18(26)24-21(17)28;/h2-10,17,19,23H,11-13H2,1H3,(H,25,27)(H,24,26,28);1H/t17-,19+;/m0./s1. The Hall–Kier alpha value is -3.04. The molecule has 0 unspecified atom stereocenters. The lowest BCUT2D eigenvalue weighted by atomic mass is 10.0. The van der Waals surface area contributed by atoms with E-state index in [-0.39, 0.29) is 41.8 Å². The van der Waals surface area contributed by atoms with Crippen molar-refractivity contribution in [3.63, 3.8) is 0 Å². The highest BCUT2D eigenvalue weighted by molar-refractivity contribution is 8.93. The van der Waals surface area contributed by atoms with Crippen LogP contribution in [0.5, 0.6) is 0 Å². The van der Waals surface area contributed by atoms with Gasteiger partial charge >= 0.3 is 5.97 Å². The van der Waals surface area contributed by atoms with Gasteiger partial charge in [-0.3, -0.25) is 19.7 Å². The van der Waals surface area contributed by atoms with Crippen molar-refractivity contribution in [3.05, 3.63) is 71.3 Å². The molecule has 1 saturated heterocycles. The molecule has 9 heteroatoms. The lowest BCUT2D eigenvalue weighted by Crippen LogP contribution is -2.50. The molecule has 31 heavy (non-hydrogen) atoms. The van der Waals surface area contributed by atoms with Gasteiger partial charge in [-0.05, 0) is 23.6 Å². The maximum absolute atomic E-state index is 13.0. The van der Waals surface area contributed by atoms with Crippen LogP contribution in [0.15, 0.2) is 54.6 Å². The van der Waals surface area contributed by atoms with Crippen LogP contribution in [-0.2, 0) is 25.7 Å². The van der Waals surface area contributed by atoms with Gasteiger partial charge in [0.25, 0.3) is 5.91 Å². The summed E-state index contributed by atoms with van der Waals surface area (Å²) in [4.78, 5) is 48.4. The lowest BCUT2D eigenvalue weighted by Gasteiger charge is -2.22. The molecule has 2 atom stereocenters. The molecule has 0 aliphatic carbocycles. The van der Waals surface area contributed by atoms with E-state index in [1.807, 2.05) is 6.07 Å². The third kappa shape index (κ3) is 6.22. The number of rotatable bonds is 7. The molecule has 1 aliphatic heterocycles. The first-order valence-corrected chi connectivity index (χ1v) is 9.58. The summed E-state index contributed by atoms with van der Waals surface area (Å²) in [5, 5.41) is 8.11. The number of imide groups is 1. The van der Waals surface area contributed by atoms with E-state index in [0.717, 1.165) is 0 Å². The summed E-state index contributed by atoms with van der Waals surface area (Å²) in [6, 6.07) is 14.3. The minimum atomic E-state index is -0.945. The molecule has 1 heterocycles. The van der Waals surface area contributed by atoms with Gasteiger partial charge < -0.3 is 15.4 Å². The predicted octanol–water partition coefficient (Wildman–Crippen LogP) is 1.80. The molecule has 1 aliphatic rings. The number of esters is 1. The molecule has 8 nitrogen and oxygen atoms in total. The average Bonchev–Trinajstić information content (AvgIpc) is 2.77. The molecule has 3 N–H and O–H groups in total. The fraction of sp³-hybridized carbons (Fsp3) is 0.273. The molecule has 1 fully saturated rings. The van der Waals surface area contributed by atoms with Gasteiger partial charge in [-0.2, -0.15) is 0 Å². The Kier molecular flexibility index (Phi) is 8.89. The molecule has 3 amide bonds. The SMILES string of the molecule is Br.COC(=O)[C@H](NC(=O)c1ccccc1CN[C@H]1CCC(=O)NC1=O)c1ccccc1. The second kappa shape index (κ2) is 11.4. The summed E-state index contributed by atoms with van der Waals surface area (Å²) >= 11 is 0. The van der Waals surface area contributed by atoms with Crippen molar-refractivity contribution >= 4 is 40.7 Å². The second-order valence-electron chi connectivity index (χ2n) is 6.88. The Balaban J connectivity index is 0.00000341. The summed E-state index contributed by atoms with van der Waals surface area (Å²) in [5.74, 6) is -1.67. The Labute approximate surface area is 190 Å². The molecule has 0 bridgehead atoms. The lowest BCUT2D eigenvalue weighted by molar-refractivity contribution is -0.143. The summed E-state index contributed by atoms with van der Waals surface area (Å²) in [6.45, 7) is 0.254.